The molecule has 1 aromatic heterocycles. The zero-order valence-electron chi connectivity index (χ0n) is 14.7. The molecule has 0 radical (unpaired) electrons. The lowest BCUT2D eigenvalue weighted by Crippen LogP contribution is -2.10. The molecule has 0 saturated carbocycles. The third kappa shape index (κ3) is 3.82. The van der Waals surface area contributed by atoms with Gasteiger partial charge in [-0.25, -0.2) is 9.18 Å². The number of benzene rings is 2. The van der Waals surface area contributed by atoms with Gasteiger partial charge in [-0.2, -0.15) is 0 Å². The molecule has 0 spiro atoms. The second-order valence-corrected chi connectivity index (χ2v) is 6.22. The SMILES string of the molecule is COc1c(F)cccc1C(=O)c1cc(Cl)ccc1-n1cccc1C=CC(=O)O. The van der Waals surface area contributed by atoms with Crippen molar-refractivity contribution in [2.75, 3.05) is 7.11 Å². The molecular weight excluding hydrogens is 385 g/mol. The summed E-state index contributed by atoms with van der Waals surface area (Å²) in [6.45, 7) is 0. The maximum absolute atomic E-state index is 14.0. The van der Waals surface area contributed by atoms with Crippen molar-refractivity contribution in [3.05, 3.63) is 88.5 Å². The van der Waals surface area contributed by atoms with Gasteiger partial charge >= 0.3 is 5.97 Å². The molecule has 0 aliphatic heterocycles. The summed E-state index contributed by atoms with van der Waals surface area (Å²) >= 11 is 6.10. The third-order valence-corrected chi connectivity index (χ3v) is 4.29. The van der Waals surface area contributed by atoms with Crippen molar-refractivity contribution in [3.63, 3.8) is 0 Å². The molecule has 1 heterocycles. The number of carboxylic acids is 1. The highest BCUT2D eigenvalue weighted by atomic mass is 35.5. The number of ketones is 1. The topological polar surface area (TPSA) is 68.5 Å². The Morgan fingerprint density at radius 2 is 1.93 bits per heavy atom. The van der Waals surface area contributed by atoms with Crippen molar-refractivity contribution in [1.82, 2.24) is 4.57 Å². The van der Waals surface area contributed by atoms with Crippen LogP contribution >= 0.6 is 11.6 Å². The molecule has 28 heavy (non-hydrogen) atoms. The van der Waals surface area contributed by atoms with Gasteiger partial charge in [0.05, 0.1) is 18.4 Å². The van der Waals surface area contributed by atoms with Gasteiger partial charge in [0.15, 0.2) is 17.3 Å². The number of aliphatic carboxylic acids is 1. The van der Waals surface area contributed by atoms with E-state index in [0.29, 0.717) is 16.4 Å². The zero-order valence-corrected chi connectivity index (χ0v) is 15.5. The summed E-state index contributed by atoms with van der Waals surface area (Å²) in [7, 11) is 1.29. The highest BCUT2D eigenvalue weighted by Gasteiger charge is 2.21. The maximum atomic E-state index is 14.0. The van der Waals surface area contributed by atoms with Crippen LogP contribution in [0.3, 0.4) is 0 Å². The number of para-hydroxylation sites is 1. The standard InChI is InChI=1S/C21H15ClFNO4/c1-28-21-15(5-2-6-17(21)23)20(27)16-12-13(22)7-9-18(16)24-11-3-4-14(24)8-10-19(25)26/h2-12H,1H3,(H,25,26). The van der Waals surface area contributed by atoms with Gasteiger partial charge in [-0.05, 0) is 48.5 Å². The van der Waals surface area contributed by atoms with E-state index in [0.717, 1.165) is 6.08 Å². The molecule has 0 atom stereocenters. The monoisotopic (exact) mass is 399 g/mol. The average Bonchev–Trinajstić information content (AvgIpc) is 3.14. The summed E-state index contributed by atoms with van der Waals surface area (Å²) in [4.78, 5) is 24.0. The minimum atomic E-state index is -1.09. The van der Waals surface area contributed by atoms with Crippen LogP contribution in [0.1, 0.15) is 21.6 Å². The number of carbonyl (C=O) groups is 2. The van der Waals surface area contributed by atoms with Crippen molar-refractivity contribution < 1.29 is 23.8 Å². The number of aromatic nitrogens is 1. The lowest BCUT2D eigenvalue weighted by atomic mass is 10.00. The molecule has 3 rings (SSSR count). The van der Waals surface area contributed by atoms with Gasteiger partial charge < -0.3 is 14.4 Å². The van der Waals surface area contributed by atoms with Crippen molar-refractivity contribution in [2.45, 2.75) is 0 Å². The molecule has 2 aromatic carbocycles. The first kappa shape index (κ1) is 19.4. The molecule has 1 N–H and O–H groups in total. The fourth-order valence-corrected chi connectivity index (χ4v) is 3.02. The Balaban J connectivity index is 2.16. The third-order valence-electron chi connectivity index (χ3n) is 4.06. The maximum Gasteiger partial charge on any atom is 0.328 e. The van der Waals surface area contributed by atoms with Crippen molar-refractivity contribution in [3.8, 4) is 11.4 Å². The Labute approximate surface area is 165 Å². The predicted octanol–water partition coefficient (Wildman–Crippen LogP) is 4.61. The molecular formula is C21H15ClFNO4. The van der Waals surface area contributed by atoms with E-state index in [9.17, 15) is 14.0 Å². The molecule has 0 fully saturated rings. The van der Waals surface area contributed by atoms with Crippen LogP contribution in [0.15, 0.2) is 60.8 Å². The van der Waals surface area contributed by atoms with Gasteiger partial charge in [0.1, 0.15) is 0 Å². The summed E-state index contributed by atoms with van der Waals surface area (Å²) in [5.74, 6) is -2.37. The predicted molar refractivity (Wildman–Crippen MR) is 104 cm³/mol. The van der Waals surface area contributed by atoms with E-state index in [2.05, 4.69) is 0 Å². The molecule has 142 valence electrons. The Morgan fingerprint density at radius 1 is 1.14 bits per heavy atom. The molecule has 0 bridgehead atoms. The second-order valence-electron chi connectivity index (χ2n) is 5.79. The number of rotatable bonds is 6. The Hall–Kier alpha value is -3.38. The zero-order chi connectivity index (χ0) is 20.3. The first-order valence-corrected chi connectivity index (χ1v) is 8.55. The number of carboxylic acid groups (broad SMARTS) is 1. The average molecular weight is 400 g/mol. The number of methoxy groups -OCH3 is 1. The van der Waals surface area contributed by atoms with Gasteiger partial charge in [0.25, 0.3) is 0 Å². The minimum absolute atomic E-state index is 0.0563. The van der Waals surface area contributed by atoms with Gasteiger partial charge in [-0.1, -0.05) is 17.7 Å². The van der Waals surface area contributed by atoms with Crippen LogP contribution in [0.2, 0.25) is 5.02 Å². The molecule has 0 aliphatic carbocycles. The van der Waals surface area contributed by atoms with Crippen LogP contribution in [-0.2, 0) is 4.79 Å². The fraction of sp³-hybridized carbons (Fsp3) is 0.0476. The smallest absolute Gasteiger partial charge is 0.328 e. The summed E-state index contributed by atoms with van der Waals surface area (Å²) in [6.07, 6.45) is 4.09. The van der Waals surface area contributed by atoms with Crippen molar-refractivity contribution in [2.24, 2.45) is 0 Å². The van der Waals surface area contributed by atoms with Crippen LogP contribution in [0.5, 0.6) is 5.75 Å². The van der Waals surface area contributed by atoms with E-state index in [1.165, 1.54) is 37.5 Å². The number of halogens is 2. The normalized spacial score (nSPS) is 11.0. The van der Waals surface area contributed by atoms with Gasteiger partial charge in [0, 0.05) is 28.6 Å². The van der Waals surface area contributed by atoms with Crippen LogP contribution < -0.4 is 4.74 Å². The van der Waals surface area contributed by atoms with E-state index in [1.807, 2.05) is 0 Å². The van der Waals surface area contributed by atoms with Crippen molar-refractivity contribution >= 4 is 29.4 Å². The molecule has 0 amide bonds. The van der Waals surface area contributed by atoms with E-state index in [4.69, 9.17) is 21.4 Å². The largest absolute Gasteiger partial charge is 0.493 e. The highest BCUT2D eigenvalue weighted by Crippen LogP contribution is 2.29. The number of ether oxygens (including phenoxy) is 1. The van der Waals surface area contributed by atoms with Crippen LogP contribution in [0, 0.1) is 5.82 Å². The highest BCUT2D eigenvalue weighted by molar-refractivity contribution is 6.31. The number of hydrogen-bond acceptors (Lipinski definition) is 3. The second kappa shape index (κ2) is 8.10. The number of hydrogen-bond donors (Lipinski definition) is 1. The molecule has 0 unspecified atom stereocenters. The van der Waals surface area contributed by atoms with Crippen LogP contribution in [0.4, 0.5) is 4.39 Å². The molecule has 7 heteroatoms. The van der Waals surface area contributed by atoms with E-state index >= 15 is 0 Å². The van der Waals surface area contributed by atoms with Crippen LogP contribution in [0.25, 0.3) is 11.8 Å². The summed E-state index contributed by atoms with van der Waals surface area (Å²) in [6, 6.07) is 12.2. The molecule has 0 aliphatic rings. The van der Waals surface area contributed by atoms with E-state index < -0.39 is 17.6 Å². The van der Waals surface area contributed by atoms with E-state index in [-0.39, 0.29) is 16.9 Å². The summed E-state index contributed by atoms with van der Waals surface area (Å²) < 4.78 is 20.8. The lowest BCUT2D eigenvalue weighted by molar-refractivity contribution is -0.131. The fourth-order valence-electron chi connectivity index (χ4n) is 2.85. The van der Waals surface area contributed by atoms with E-state index in [1.54, 1.807) is 35.0 Å². The van der Waals surface area contributed by atoms with Gasteiger partial charge in [-0.3, -0.25) is 4.79 Å². The molecule has 3 aromatic rings. The Bertz CT molecular complexity index is 1090. The first-order valence-electron chi connectivity index (χ1n) is 8.18. The summed E-state index contributed by atoms with van der Waals surface area (Å²) in [5, 5.41) is 9.20. The van der Waals surface area contributed by atoms with Crippen molar-refractivity contribution in [1.29, 1.82) is 0 Å². The molecule has 0 saturated heterocycles. The van der Waals surface area contributed by atoms with Crippen LogP contribution in [-0.4, -0.2) is 28.5 Å². The quantitative estimate of drug-likeness (QED) is 0.485. The number of carbonyl (C=O) groups excluding carboxylic acids is 1. The Kier molecular flexibility index (Phi) is 5.61. The van der Waals surface area contributed by atoms with Gasteiger partial charge in [0.2, 0.25) is 0 Å². The minimum Gasteiger partial charge on any atom is -0.493 e. The summed E-state index contributed by atoms with van der Waals surface area (Å²) in [5.41, 5.74) is 1.29. The van der Waals surface area contributed by atoms with Gasteiger partial charge in [-0.15, -0.1) is 0 Å². The first-order chi connectivity index (χ1) is 13.4. The molecule has 5 nitrogen and oxygen atoms in total. The Morgan fingerprint density at radius 3 is 2.64 bits per heavy atom. The number of nitrogens with zero attached hydrogens (tertiary/aromatic N) is 1. The lowest BCUT2D eigenvalue weighted by Gasteiger charge is -2.14.